The first-order valence-electron chi connectivity index (χ1n) is 8.41. The molecule has 1 aliphatic rings. The first-order chi connectivity index (χ1) is 11.7. The third-order valence-corrected chi connectivity index (χ3v) is 6.35. The molecule has 2 N–H and O–H groups in total. The first kappa shape index (κ1) is 19.8. The number of nitrogens with zero attached hydrogens (tertiary/aromatic N) is 1. The third-order valence-electron chi connectivity index (χ3n) is 4.32. The Bertz CT molecular complexity index is 713. The molecule has 0 aliphatic carbocycles. The van der Waals surface area contributed by atoms with Crippen LogP contribution in [0, 0.1) is 6.92 Å². The van der Waals surface area contributed by atoms with E-state index in [1.54, 1.807) is 19.2 Å². The van der Waals surface area contributed by atoms with Crippen molar-refractivity contribution < 1.29 is 17.9 Å². The van der Waals surface area contributed by atoms with Gasteiger partial charge in [0, 0.05) is 37.8 Å². The van der Waals surface area contributed by atoms with Crippen molar-refractivity contribution in [2.24, 2.45) is 0 Å². The Hall–Kier alpha value is -1.48. The Morgan fingerprint density at radius 1 is 1.44 bits per heavy atom. The number of carbonyl (C=O) groups excluding carboxylic acids is 1. The van der Waals surface area contributed by atoms with E-state index in [2.05, 4.69) is 10.6 Å². The lowest BCUT2D eigenvalue weighted by Crippen LogP contribution is -2.43. The molecule has 0 bridgehead atoms. The van der Waals surface area contributed by atoms with Crippen LogP contribution in [0.15, 0.2) is 23.1 Å². The summed E-state index contributed by atoms with van der Waals surface area (Å²) in [7, 11) is -2.04. The van der Waals surface area contributed by atoms with Crippen LogP contribution in [0.3, 0.4) is 0 Å². The lowest BCUT2D eigenvalue weighted by atomic mass is 10.1. The zero-order chi connectivity index (χ0) is 18.6. The molecule has 1 aromatic rings. The Kier molecular flexibility index (Phi) is 6.56. The van der Waals surface area contributed by atoms with Crippen LogP contribution in [-0.2, 0) is 19.6 Å². The number of hydrogen-bond donors (Lipinski definition) is 2. The molecule has 0 saturated carbocycles. The highest BCUT2D eigenvalue weighted by atomic mass is 32.2. The average molecular weight is 369 g/mol. The number of ether oxygens (including phenoxy) is 1. The molecule has 0 spiro atoms. The van der Waals surface area contributed by atoms with Crippen molar-refractivity contribution >= 4 is 21.6 Å². The molecule has 1 aliphatic heterocycles. The van der Waals surface area contributed by atoms with Crippen LogP contribution < -0.4 is 10.6 Å². The van der Waals surface area contributed by atoms with Gasteiger partial charge in [-0.2, -0.15) is 4.31 Å². The van der Waals surface area contributed by atoms with Crippen molar-refractivity contribution in [1.29, 1.82) is 0 Å². The molecule has 1 heterocycles. The summed E-state index contributed by atoms with van der Waals surface area (Å²) >= 11 is 0. The zero-order valence-corrected chi connectivity index (χ0v) is 16.0. The second-order valence-corrected chi connectivity index (χ2v) is 8.57. The van der Waals surface area contributed by atoms with Gasteiger partial charge in [0.2, 0.25) is 15.9 Å². The number of aryl methyl sites for hydroxylation is 1. The number of benzene rings is 1. The smallest absolute Gasteiger partial charge is 0.243 e. The number of hydrogen-bond acceptors (Lipinski definition) is 5. The second-order valence-electron chi connectivity index (χ2n) is 6.57. The molecule has 0 aromatic heterocycles. The number of nitrogens with one attached hydrogen (secondary N) is 2. The molecule has 1 aromatic carbocycles. The average Bonchev–Trinajstić information content (AvgIpc) is 2.56. The van der Waals surface area contributed by atoms with Crippen molar-refractivity contribution in [3.63, 3.8) is 0 Å². The molecule has 1 amide bonds. The van der Waals surface area contributed by atoms with Crippen molar-refractivity contribution in [3.05, 3.63) is 23.8 Å². The van der Waals surface area contributed by atoms with E-state index >= 15 is 0 Å². The molecule has 1 atom stereocenters. The van der Waals surface area contributed by atoms with Crippen LogP contribution in [0.4, 0.5) is 5.69 Å². The summed E-state index contributed by atoms with van der Waals surface area (Å²) in [6, 6.07) is 4.62. The maximum atomic E-state index is 12.6. The van der Waals surface area contributed by atoms with Gasteiger partial charge in [0.15, 0.2) is 0 Å². The Labute approximate surface area is 149 Å². The molecule has 7 nitrogen and oxygen atoms in total. The van der Waals surface area contributed by atoms with Crippen molar-refractivity contribution in [2.75, 3.05) is 32.1 Å². The highest BCUT2D eigenvalue weighted by Crippen LogP contribution is 2.23. The number of rotatable bonds is 6. The molecule has 8 heteroatoms. The SMILES string of the molecule is Cc1ccc(S(=O)(=O)N(C)C(C)C)cc1NC(=O)CC1COCCN1. The normalized spacial score (nSPS) is 18.6. The summed E-state index contributed by atoms with van der Waals surface area (Å²) in [5.74, 6) is -0.169. The van der Waals surface area contributed by atoms with Gasteiger partial charge in [-0.05, 0) is 38.5 Å². The van der Waals surface area contributed by atoms with Crippen molar-refractivity contribution in [2.45, 2.75) is 44.2 Å². The fourth-order valence-corrected chi connectivity index (χ4v) is 3.91. The lowest BCUT2D eigenvalue weighted by molar-refractivity contribution is -0.117. The number of amides is 1. The summed E-state index contributed by atoms with van der Waals surface area (Å²) in [5, 5.41) is 6.05. The van der Waals surface area contributed by atoms with Crippen LogP contribution in [-0.4, -0.2) is 57.5 Å². The van der Waals surface area contributed by atoms with E-state index < -0.39 is 10.0 Å². The predicted octanol–water partition coefficient (Wildman–Crippen LogP) is 1.34. The highest BCUT2D eigenvalue weighted by molar-refractivity contribution is 7.89. The minimum Gasteiger partial charge on any atom is -0.378 e. The molecular formula is C17H27N3O4S. The fraction of sp³-hybridized carbons (Fsp3) is 0.588. The molecule has 25 heavy (non-hydrogen) atoms. The summed E-state index contributed by atoms with van der Waals surface area (Å²) in [4.78, 5) is 12.4. The van der Waals surface area contributed by atoms with E-state index in [1.165, 1.54) is 10.4 Å². The predicted molar refractivity (Wildman–Crippen MR) is 97.1 cm³/mol. The van der Waals surface area contributed by atoms with Crippen LogP contribution in [0.25, 0.3) is 0 Å². The fourth-order valence-electron chi connectivity index (χ4n) is 2.52. The number of sulfonamides is 1. The van der Waals surface area contributed by atoms with Crippen molar-refractivity contribution in [3.8, 4) is 0 Å². The highest BCUT2D eigenvalue weighted by Gasteiger charge is 2.24. The summed E-state index contributed by atoms with van der Waals surface area (Å²) in [5.41, 5.74) is 1.33. The first-order valence-corrected chi connectivity index (χ1v) is 9.85. The van der Waals surface area contributed by atoms with Crippen molar-refractivity contribution in [1.82, 2.24) is 9.62 Å². The van der Waals surface area contributed by atoms with Gasteiger partial charge in [0.25, 0.3) is 0 Å². The van der Waals surface area contributed by atoms with Gasteiger partial charge >= 0.3 is 0 Å². The van der Waals surface area contributed by atoms with Crippen LogP contribution in [0.5, 0.6) is 0 Å². The Balaban J connectivity index is 2.14. The standard InChI is InChI=1S/C17H27N3O4S/c1-12(2)20(4)25(22,23)15-6-5-13(3)16(10-15)19-17(21)9-14-11-24-8-7-18-14/h5-6,10,12,14,18H,7-9,11H2,1-4H3,(H,19,21). The minimum atomic E-state index is -3.59. The lowest BCUT2D eigenvalue weighted by Gasteiger charge is -2.24. The number of morpholine rings is 1. The van der Waals surface area contributed by atoms with E-state index in [9.17, 15) is 13.2 Å². The zero-order valence-electron chi connectivity index (χ0n) is 15.2. The molecule has 1 saturated heterocycles. The van der Waals surface area contributed by atoms with E-state index in [1.807, 2.05) is 20.8 Å². The van der Waals surface area contributed by atoms with E-state index in [4.69, 9.17) is 4.74 Å². The number of anilines is 1. The van der Waals surface area contributed by atoms with Crippen LogP contribution in [0.2, 0.25) is 0 Å². The van der Waals surface area contributed by atoms with Gasteiger partial charge < -0.3 is 15.4 Å². The van der Waals surface area contributed by atoms with Gasteiger partial charge in [-0.1, -0.05) is 6.07 Å². The van der Waals surface area contributed by atoms with E-state index in [0.29, 0.717) is 18.9 Å². The summed E-state index contributed by atoms with van der Waals surface area (Å²) in [6.45, 7) is 7.34. The maximum Gasteiger partial charge on any atom is 0.243 e. The van der Waals surface area contributed by atoms with Crippen LogP contribution in [0.1, 0.15) is 25.8 Å². The van der Waals surface area contributed by atoms with Gasteiger partial charge in [-0.25, -0.2) is 8.42 Å². The molecule has 1 fully saturated rings. The Morgan fingerprint density at radius 3 is 2.76 bits per heavy atom. The summed E-state index contributed by atoms with van der Waals surface area (Å²) in [6.07, 6.45) is 0.280. The summed E-state index contributed by atoms with van der Waals surface area (Å²) < 4.78 is 31.9. The topological polar surface area (TPSA) is 87.7 Å². The quantitative estimate of drug-likeness (QED) is 0.790. The third kappa shape index (κ3) is 5.01. The molecular weight excluding hydrogens is 342 g/mol. The second kappa shape index (κ2) is 8.27. The maximum absolute atomic E-state index is 12.6. The van der Waals surface area contributed by atoms with Gasteiger partial charge in [-0.15, -0.1) is 0 Å². The molecule has 1 unspecified atom stereocenters. The Morgan fingerprint density at radius 2 is 2.16 bits per heavy atom. The van der Waals surface area contributed by atoms with E-state index in [-0.39, 0.29) is 29.3 Å². The van der Waals surface area contributed by atoms with Gasteiger partial charge in [-0.3, -0.25) is 4.79 Å². The largest absolute Gasteiger partial charge is 0.378 e. The van der Waals surface area contributed by atoms with Gasteiger partial charge in [0.05, 0.1) is 18.1 Å². The minimum absolute atomic E-state index is 0.0203. The van der Waals surface area contributed by atoms with E-state index in [0.717, 1.165) is 12.1 Å². The van der Waals surface area contributed by atoms with Crippen LogP contribution >= 0.6 is 0 Å². The molecule has 140 valence electrons. The monoisotopic (exact) mass is 369 g/mol. The molecule has 0 radical (unpaired) electrons. The number of carbonyl (C=O) groups is 1. The molecule has 2 rings (SSSR count). The van der Waals surface area contributed by atoms with Gasteiger partial charge in [0.1, 0.15) is 0 Å².